The van der Waals surface area contributed by atoms with Gasteiger partial charge in [-0.3, -0.25) is 13.9 Å². The quantitative estimate of drug-likeness (QED) is 0.688. The Hall–Kier alpha value is 0.530. The van der Waals surface area contributed by atoms with E-state index in [1.807, 2.05) is 16.0 Å². The van der Waals surface area contributed by atoms with Crippen LogP contribution in [0, 0.1) is 0 Å². The van der Waals surface area contributed by atoms with Gasteiger partial charge >= 0.3 is 0 Å². The summed E-state index contributed by atoms with van der Waals surface area (Å²) in [5.41, 5.74) is 0. The van der Waals surface area contributed by atoms with Gasteiger partial charge in [-0.2, -0.15) is 0 Å². The van der Waals surface area contributed by atoms with E-state index in [1.165, 1.54) is 0 Å². The maximum atomic E-state index is 13.3. The average Bonchev–Trinajstić information content (AvgIpc) is 2.46. The van der Waals surface area contributed by atoms with Gasteiger partial charge in [0.2, 0.25) is 7.44 Å². The second-order valence-corrected chi connectivity index (χ2v) is 16.3. The molecule has 2 rings (SSSR count). The maximum Gasteiger partial charge on any atom is 0.213 e. The van der Waals surface area contributed by atoms with E-state index < -0.39 is 22.0 Å². The van der Waals surface area contributed by atoms with Crippen molar-refractivity contribution in [3.63, 3.8) is 0 Å². The molecule has 0 N–H and O–H groups in total. The van der Waals surface area contributed by atoms with Gasteiger partial charge in [-0.25, -0.2) is 9.34 Å². The minimum atomic E-state index is -2.57. The van der Waals surface area contributed by atoms with Crippen LogP contribution < -0.4 is 0 Å². The minimum Gasteiger partial charge on any atom is -0.307 e. The van der Waals surface area contributed by atoms with Gasteiger partial charge in [-0.1, -0.05) is 0 Å². The van der Waals surface area contributed by atoms with E-state index in [1.54, 1.807) is 26.7 Å². The molecule has 7 nitrogen and oxygen atoms in total. The summed E-state index contributed by atoms with van der Waals surface area (Å²) in [6.07, 6.45) is 0. The lowest BCUT2D eigenvalue weighted by Crippen LogP contribution is -2.49. The Kier molecular flexibility index (Phi) is 6.07. The molecule has 0 aromatic carbocycles. The van der Waals surface area contributed by atoms with Gasteiger partial charge < -0.3 is 9.13 Å². The van der Waals surface area contributed by atoms with E-state index in [-0.39, 0.29) is 0 Å². The lowest BCUT2D eigenvalue weighted by Gasteiger charge is -2.45. The van der Waals surface area contributed by atoms with E-state index in [2.05, 4.69) is 9.34 Å². The first-order valence-electron chi connectivity index (χ1n) is 8.11. The SMILES string of the molecule is CP(C)(=O)N1CCN(P(C)(=O)N2CCN(P(C)(C)=O)CC2)CC1. The molecule has 10 heteroatoms. The van der Waals surface area contributed by atoms with Crippen molar-refractivity contribution in [2.75, 3.05) is 85.7 Å². The normalized spacial score (nSPS) is 24.9. The molecule has 0 aromatic heterocycles. The minimum absolute atomic E-state index is 0.694. The van der Waals surface area contributed by atoms with Crippen LogP contribution in [-0.2, 0) is 13.7 Å². The highest BCUT2D eigenvalue weighted by molar-refractivity contribution is 7.60. The van der Waals surface area contributed by atoms with Crippen LogP contribution in [0.1, 0.15) is 0 Å². The molecule has 0 saturated carbocycles. The predicted octanol–water partition coefficient (Wildman–Crippen LogP) is 2.12. The Balaban J connectivity index is 1.95. The summed E-state index contributed by atoms with van der Waals surface area (Å²) in [6, 6.07) is 0. The molecule has 2 saturated heterocycles. The van der Waals surface area contributed by atoms with Crippen molar-refractivity contribution in [1.82, 2.24) is 18.7 Å². The summed E-state index contributed by atoms with van der Waals surface area (Å²) >= 11 is 0. The molecular weight excluding hydrogens is 353 g/mol. The summed E-state index contributed by atoms with van der Waals surface area (Å²) in [4.78, 5) is 0. The molecule has 0 aliphatic carbocycles. The van der Waals surface area contributed by atoms with Crippen LogP contribution in [0.5, 0.6) is 0 Å². The third-order valence-corrected chi connectivity index (χ3v) is 11.3. The molecule has 0 radical (unpaired) electrons. The van der Waals surface area contributed by atoms with Gasteiger partial charge in [0, 0.05) is 85.7 Å². The van der Waals surface area contributed by atoms with Crippen molar-refractivity contribution in [3.05, 3.63) is 0 Å². The Morgan fingerprint density at radius 3 is 0.913 bits per heavy atom. The predicted molar refractivity (Wildman–Crippen MR) is 98.7 cm³/mol. The zero-order chi connectivity index (χ0) is 17.5. The second-order valence-electron chi connectivity index (χ2n) is 7.24. The summed E-state index contributed by atoms with van der Waals surface area (Å²) in [7, 11) is -6.99. The lowest BCUT2D eigenvalue weighted by molar-refractivity contribution is 0.226. The third-order valence-electron chi connectivity index (χ3n) is 4.88. The fourth-order valence-corrected chi connectivity index (χ4v) is 7.74. The highest BCUT2D eigenvalue weighted by Crippen LogP contribution is 2.53. The van der Waals surface area contributed by atoms with Crippen LogP contribution in [0.3, 0.4) is 0 Å². The fourth-order valence-electron chi connectivity index (χ4n) is 3.26. The van der Waals surface area contributed by atoms with Gasteiger partial charge in [-0.05, 0) is 0 Å². The van der Waals surface area contributed by atoms with E-state index >= 15 is 0 Å². The first-order chi connectivity index (χ1) is 10.4. The monoisotopic (exact) mass is 384 g/mol. The van der Waals surface area contributed by atoms with Crippen LogP contribution >= 0.6 is 22.0 Å². The molecule has 2 heterocycles. The lowest BCUT2D eigenvalue weighted by atomic mass is 10.4. The van der Waals surface area contributed by atoms with Gasteiger partial charge in [0.1, 0.15) is 14.6 Å². The third kappa shape index (κ3) is 4.79. The van der Waals surface area contributed by atoms with Gasteiger partial charge in [0.05, 0.1) is 0 Å². The molecule has 0 spiro atoms. The molecule has 0 unspecified atom stereocenters. The first kappa shape index (κ1) is 19.8. The Morgan fingerprint density at radius 2 is 0.696 bits per heavy atom. The van der Waals surface area contributed by atoms with Crippen molar-refractivity contribution in [2.45, 2.75) is 0 Å². The highest BCUT2D eigenvalue weighted by atomic mass is 31.2. The second kappa shape index (κ2) is 7.03. The molecular formula is C13H31N4O3P3. The van der Waals surface area contributed by atoms with Crippen molar-refractivity contribution >= 4 is 22.0 Å². The van der Waals surface area contributed by atoms with Gasteiger partial charge in [0.25, 0.3) is 0 Å². The summed E-state index contributed by atoms with van der Waals surface area (Å²) in [5.74, 6) is 0. The fraction of sp³-hybridized carbons (Fsp3) is 1.00. The Morgan fingerprint density at radius 1 is 0.478 bits per heavy atom. The van der Waals surface area contributed by atoms with Crippen LogP contribution in [-0.4, -0.2) is 104 Å². The van der Waals surface area contributed by atoms with Crippen molar-refractivity contribution in [3.8, 4) is 0 Å². The standard InChI is InChI=1S/C13H31N4O3P3/c1-21(2,18)14-6-10-16(11-7-14)23(5,20)17-12-8-15(9-13-17)22(3,4)19/h6-13H2,1-5H3. The van der Waals surface area contributed by atoms with Gasteiger partial charge in [-0.15, -0.1) is 0 Å². The number of hydrogen-bond acceptors (Lipinski definition) is 3. The molecule has 0 atom stereocenters. The number of nitrogens with zero attached hydrogens (tertiary/aromatic N) is 4. The van der Waals surface area contributed by atoms with E-state index in [0.29, 0.717) is 52.4 Å². The summed E-state index contributed by atoms with van der Waals surface area (Å²) in [6.45, 7) is 14.6. The molecule has 136 valence electrons. The first-order valence-corrected chi connectivity index (χ1v) is 15.3. The number of piperazine rings is 2. The van der Waals surface area contributed by atoms with Crippen molar-refractivity contribution in [2.24, 2.45) is 0 Å². The number of rotatable bonds is 4. The Bertz CT molecular complexity index is 511. The molecule has 0 aromatic rings. The topological polar surface area (TPSA) is 64.2 Å². The van der Waals surface area contributed by atoms with Crippen LogP contribution in [0.15, 0.2) is 0 Å². The van der Waals surface area contributed by atoms with Crippen LogP contribution in [0.4, 0.5) is 0 Å². The van der Waals surface area contributed by atoms with Crippen LogP contribution in [0.25, 0.3) is 0 Å². The zero-order valence-corrected chi connectivity index (χ0v) is 17.7. The van der Waals surface area contributed by atoms with Crippen molar-refractivity contribution < 1.29 is 13.7 Å². The van der Waals surface area contributed by atoms with E-state index in [9.17, 15) is 13.7 Å². The maximum absolute atomic E-state index is 13.3. The highest BCUT2D eigenvalue weighted by Gasteiger charge is 2.38. The average molecular weight is 384 g/mol. The Labute approximate surface area is 140 Å². The smallest absolute Gasteiger partial charge is 0.213 e. The largest absolute Gasteiger partial charge is 0.307 e. The zero-order valence-electron chi connectivity index (χ0n) is 15.0. The molecule has 2 fully saturated rings. The molecule has 0 amide bonds. The number of hydrogen-bond donors (Lipinski definition) is 0. The molecule has 23 heavy (non-hydrogen) atoms. The summed E-state index contributed by atoms with van der Waals surface area (Å²) in [5, 5.41) is 0. The van der Waals surface area contributed by atoms with Gasteiger partial charge in [0.15, 0.2) is 0 Å². The molecule has 2 aliphatic rings. The van der Waals surface area contributed by atoms with Crippen molar-refractivity contribution in [1.29, 1.82) is 0 Å². The van der Waals surface area contributed by atoms with E-state index in [4.69, 9.17) is 0 Å². The van der Waals surface area contributed by atoms with E-state index in [0.717, 1.165) is 0 Å². The summed E-state index contributed by atoms with van der Waals surface area (Å²) < 4.78 is 45.8. The molecule has 0 bridgehead atoms. The van der Waals surface area contributed by atoms with Crippen LogP contribution in [0.2, 0.25) is 0 Å². The molecule has 2 aliphatic heterocycles.